The zero-order valence-electron chi connectivity index (χ0n) is 11.6. The average Bonchev–Trinajstić information content (AvgIpc) is 2.51. The van der Waals surface area contributed by atoms with Gasteiger partial charge in [0.15, 0.2) is 11.6 Å². The third-order valence-corrected chi connectivity index (χ3v) is 3.46. The molecule has 0 unspecified atom stereocenters. The number of carbonyl (C=O) groups is 2. The van der Waals surface area contributed by atoms with E-state index in [1.54, 1.807) is 24.3 Å². The number of hydrogen-bond acceptors (Lipinski definition) is 3. The van der Waals surface area contributed by atoms with Gasteiger partial charge in [0.1, 0.15) is 12.4 Å². The predicted molar refractivity (Wildman–Crippen MR) is 80.7 cm³/mol. The molecule has 0 aromatic heterocycles. The largest absolute Gasteiger partial charge is 0.488 e. The second kappa shape index (κ2) is 5.37. The summed E-state index contributed by atoms with van der Waals surface area (Å²) in [4.78, 5) is 23.6. The Kier molecular flexibility index (Phi) is 3.40. The molecule has 0 atom stereocenters. The van der Waals surface area contributed by atoms with Crippen molar-refractivity contribution in [3.8, 4) is 5.75 Å². The fraction of sp³-hybridized carbons (Fsp3) is 0.111. The minimum atomic E-state index is -0.00695. The van der Waals surface area contributed by atoms with Gasteiger partial charge in [-0.2, -0.15) is 0 Å². The molecule has 0 spiro atoms. The van der Waals surface area contributed by atoms with E-state index in [1.165, 1.54) is 6.92 Å². The topological polar surface area (TPSA) is 43.4 Å². The van der Waals surface area contributed by atoms with E-state index in [4.69, 9.17) is 4.74 Å². The Bertz CT molecular complexity index is 739. The van der Waals surface area contributed by atoms with Crippen molar-refractivity contribution in [1.82, 2.24) is 0 Å². The summed E-state index contributed by atoms with van der Waals surface area (Å²) in [5.41, 5.74) is 2.75. The molecule has 0 saturated heterocycles. The van der Waals surface area contributed by atoms with Crippen LogP contribution in [0.2, 0.25) is 0 Å². The van der Waals surface area contributed by atoms with Gasteiger partial charge in [0.05, 0.1) is 5.56 Å². The zero-order chi connectivity index (χ0) is 14.8. The lowest BCUT2D eigenvalue weighted by atomic mass is 9.98. The van der Waals surface area contributed by atoms with Gasteiger partial charge in [-0.3, -0.25) is 9.59 Å². The monoisotopic (exact) mass is 278 g/mol. The van der Waals surface area contributed by atoms with Crippen LogP contribution in [0.15, 0.2) is 54.1 Å². The first-order valence-electron chi connectivity index (χ1n) is 6.73. The first-order valence-corrected chi connectivity index (χ1v) is 6.73. The third kappa shape index (κ3) is 2.63. The van der Waals surface area contributed by atoms with E-state index in [-0.39, 0.29) is 18.2 Å². The molecule has 1 aliphatic rings. The molecule has 0 bridgehead atoms. The second-order valence-electron chi connectivity index (χ2n) is 4.96. The van der Waals surface area contributed by atoms with E-state index < -0.39 is 0 Å². The Morgan fingerprint density at radius 1 is 1.10 bits per heavy atom. The molecule has 3 nitrogen and oxygen atoms in total. The van der Waals surface area contributed by atoms with Crippen molar-refractivity contribution in [3.05, 3.63) is 70.8 Å². The van der Waals surface area contributed by atoms with Crippen LogP contribution in [-0.2, 0) is 0 Å². The van der Waals surface area contributed by atoms with E-state index in [1.807, 2.05) is 30.3 Å². The standard InChI is InChI=1S/C18H14O3/c1-12(19)14-8-6-13(7-9-14)10-15-11-21-17-5-3-2-4-16(17)18(15)20/h2-10H,11H2,1H3/b15-10-. The molecule has 3 rings (SSSR count). The molecular weight excluding hydrogens is 264 g/mol. The fourth-order valence-electron chi connectivity index (χ4n) is 2.30. The lowest BCUT2D eigenvalue weighted by Gasteiger charge is -2.18. The van der Waals surface area contributed by atoms with Crippen LogP contribution < -0.4 is 4.74 Å². The zero-order valence-corrected chi connectivity index (χ0v) is 11.6. The van der Waals surface area contributed by atoms with Crippen LogP contribution in [0, 0.1) is 0 Å². The number of fused-ring (bicyclic) bond motifs is 1. The minimum absolute atomic E-state index is 0.00695. The number of Topliss-reactive ketones (excluding diaryl/α,β-unsaturated/α-hetero) is 2. The third-order valence-electron chi connectivity index (χ3n) is 3.46. The Balaban J connectivity index is 1.91. The van der Waals surface area contributed by atoms with Gasteiger partial charge in [-0.15, -0.1) is 0 Å². The maximum absolute atomic E-state index is 12.4. The smallest absolute Gasteiger partial charge is 0.196 e. The lowest BCUT2D eigenvalue weighted by molar-refractivity contribution is 0.0996. The number of benzene rings is 2. The maximum atomic E-state index is 12.4. The van der Waals surface area contributed by atoms with Crippen molar-refractivity contribution in [1.29, 1.82) is 0 Å². The molecule has 0 saturated carbocycles. The Morgan fingerprint density at radius 3 is 2.52 bits per heavy atom. The van der Waals surface area contributed by atoms with Gasteiger partial charge in [-0.05, 0) is 30.7 Å². The Labute approximate surface area is 122 Å². The number of carbonyl (C=O) groups excluding carboxylic acids is 2. The quantitative estimate of drug-likeness (QED) is 0.623. The minimum Gasteiger partial charge on any atom is -0.488 e. The van der Waals surface area contributed by atoms with Crippen LogP contribution in [0.1, 0.15) is 33.2 Å². The van der Waals surface area contributed by atoms with Gasteiger partial charge in [-0.25, -0.2) is 0 Å². The van der Waals surface area contributed by atoms with Crippen molar-refractivity contribution in [2.45, 2.75) is 6.92 Å². The summed E-state index contributed by atoms with van der Waals surface area (Å²) >= 11 is 0. The van der Waals surface area contributed by atoms with Gasteiger partial charge < -0.3 is 4.74 Å². The summed E-state index contributed by atoms with van der Waals surface area (Å²) in [6, 6.07) is 14.4. The SMILES string of the molecule is CC(=O)c1ccc(/C=C2/COc3ccccc3C2=O)cc1. The van der Waals surface area contributed by atoms with Crippen LogP contribution in [-0.4, -0.2) is 18.2 Å². The Morgan fingerprint density at radius 2 is 1.81 bits per heavy atom. The Hall–Kier alpha value is -2.68. The van der Waals surface area contributed by atoms with E-state index in [0.717, 1.165) is 5.56 Å². The number of ether oxygens (including phenoxy) is 1. The highest BCUT2D eigenvalue weighted by Crippen LogP contribution is 2.27. The van der Waals surface area contributed by atoms with Gasteiger partial charge in [0.2, 0.25) is 0 Å². The van der Waals surface area contributed by atoms with Crippen LogP contribution in [0.5, 0.6) is 5.75 Å². The summed E-state index contributed by atoms with van der Waals surface area (Å²) in [5, 5.41) is 0. The molecule has 21 heavy (non-hydrogen) atoms. The van der Waals surface area contributed by atoms with Gasteiger partial charge in [0.25, 0.3) is 0 Å². The fourth-order valence-corrected chi connectivity index (χ4v) is 2.30. The van der Waals surface area contributed by atoms with Crippen molar-refractivity contribution < 1.29 is 14.3 Å². The molecule has 0 N–H and O–H groups in total. The maximum Gasteiger partial charge on any atom is 0.196 e. The number of ketones is 2. The molecule has 1 heterocycles. The first kappa shape index (κ1) is 13.3. The number of hydrogen-bond donors (Lipinski definition) is 0. The van der Waals surface area contributed by atoms with E-state index in [0.29, 0.717) is 22.4 Å². The highest BCUT2D eigenvalue weighted by molar-refractivity contribution is 6.14. The van der Waals surface area contributed by atoms with Crippen LogP contribution in [0.4, 0.5) is 0 Å². The molecular formula is C18H14O3. The van der Waals surface area contributed by atoms with Crippen molar-refractivity contribution in [2.24, 2.45) is 0 Å². The van der Waals surface area contributed by atoms with Gasteiger partial charge >= 0.3 is 0 Å². The number of para-hydroxylation sites is 1. The highest BCUT2D eigenvalue weighted by atomic mass is 16.5. The van der Waals surface area contributed by atoms with E-state index in [9.17, 15) is 9.59 Å². The van der Waals surface area contributed by atoms with Crippen LogP contribution in [0.3, 0.4) is 0 Å². The molecule has 0 aliphatic carbocycles. The molecule has 0 amide bonds. The molecule has 0 radical (unpaired) electrons. The molecule has 3 heteroatoms. The van der Waals surface area contributed by atoms with Gasteiger partial charge in [-0.1, -0.05) is 36.4 Å². The number of rotatable bonds is 2. The van der Waals surface area contributed by atoms with Crippen LogP contribution >= 0.6 is 0 Å². The summed E-state index contributed by atoms with van der Waals surface area (Å²) in [6.45, 7) is 1.80. The van der Waals surface area contributed by atoms with Crippen LogP contribution in [0.25, 0.3) is 6.08 Å². The predicted octanol–water partition coefficient (Wildman–Crippen LogP) is 3.55. The van der Waals surface area contributed by atoms with Crippen molar-refractivity contribution >= 4 is 17.6 Å². The first-order chi connectivity index (χ1) is 10.1. The summed E-state index contributed by atoms with van der Waals surface area (Å²) in [7, 11) is 0. The molecule has 2 aromatic rings. The van der Waals surface area contributed by atoms with Crippen molar-refractivity contribution in [3.63, 3.8) is 0 Å². The van der Waals surface area contributed by atoms with E-state index in [2.05, 4.69) is 0 Å². The molecule has 0 fully saturated rings. The van der Waals surface area contributed by atoms with Gasteiger partial charge in [0, 0.05) is 11.1 Å². The summed E-state index contributed by atoms with van der Waals surface area (Å²) in [6.07, 6.45) is 1.81. The van der Waals surface area contributed by atoms with Crippen molar-refractivity contribution in [2.75, 3.05) is 6.61 Å². The molecule has 2 aromatic carbocycles. The molecule has 104 valence electrons. The normalized spacial score (nSPS) is 15.5. The van der Waals surface area contributed by atoms with E-state index >= 15 is 0 Å². The lowest BCUT2D eigenvalue weighted by Crippen LogP contribution is -2.18. The summed E-state index contributed by atoms with van der Waals surface area (Å²) in [5.74, 6) is 0.652. The summed E-state index contributed by atoms with van der Waals surface area (Å²) < 4.78 is 5.60. The highest BCUT2D eigenvalue weighted by Gasteiger charge is 2.22. The second-order valence-corrected chi connectivity index (χ2v) is 4.96. The molecule has 1 aliphatic heterocycles. The average molecular weight is 278 g/mol.